The molecule has 158 valence electrons. The van der Waals surface area contributed by atoms with Gasteiger partial charge in [-0.15, -0.1) is 26.3 Å². The van der Waals surface area contributed by atoms with Crippen LogP contribution in [-0.2, 0) is 6.61 Å². The van der Waals surface area contributed by atoms with Crippen LogP contribution >= 0.6 is 0 Å². The summed E-state index contributed by atoms with van der Waals surface area (Å²) in [7, 11) is 0. The van der Waals surface area contributed by atoms with Crippen LogP contribution in [0.25, 0.3) is 22.4 Å². The molecule has 0 aliphatic heterocycles. The molecule has 4 nitrogen and oxygen atoms in total. The Kier molecular flexibility index (Phi) is 5.88. The molecule has 1 heterocycles. The van der Waals surface area contributed by atoms with Crippen molar-refractivity contribution in [1.29, 1.82) is 0 Å². The number of aliphatic hydroxyl groups is 1. The lowest BCUT2D eigenvalue weighted by atomic mass is 9.97. The maximum absolute atomic E-state index is 12.8. The smallest absolute Gasteiger partial charge is 0.405 e. The number of hydrogen-bond acceptors (Lipinski definition) is 4. The molecule has 0 radical (unpaired) electrons. The van der Waals surface area contributed by atoms with E-state index >= 15 is 0 Å². The largest absolute Gasteiger partial charge is 0.573 e. The van der Waals surface area contributed by atoms with Crippen LogP contribution in [0.1, 0.15) is 5.69 Å². The van der Waals surface area contributed by atoms with Gasteiger partial charge in [0, 0.05) is 16.7 Å². The Hall–Kier alpha value is -3.27. The van der Waals surface area contributed by atoms with Gasteiger partial charge in [0.2, 0.25) is 0 Å². The van der Waals surface area contributed by atoms with Crippen molar-refractivity contribution in [2.45, 2.75) is 19.3 Å². The lowest BCUT2D eigenvalue weighted by Gasteiger charge is -2.18. The first-order valence-electron chi connectivity index (χ1n) is 8.38. The Morgan fingerprint density at radius 2 is 1.17 bits per heavy atom. The van der Waals surface area contributed by atoms with E-state index in [4.69, 9.17) is 0 Å². The third-order valence-electron chi connectivity index (χ3n) is 3.89. The van der Waals surface area contributed by atoms with Gasteiger partial charge >= 0.3 is 12.7 Å². The van der Waals surface area contributed by atoms with Crippen LogP contribution in [-0.4, -0.2) is 22.8 Å². The zero-order chi connectivity index (χ0) is 21.9. The summed E-state index contributed by atoms with van der Waals surface area (Å²) >= 11 is 0. The number of para-hydroxylation sites is 2. The molecule has 0 atom stereocenters. The first-order chi connectivity index (χ1) is 14.1. The number of aromatic nitrogens is 1. The molecule has 0 saturated heterocycles. The molecule has 0 aliphatic rings. The average Bonchev–Trinajstić information content (AvgIpc) is 2.66. The van der Waals surface area contributed by atoms with E-state index in [-0.39, 0.29) is 28.1 Å². The second kappa shape index (κ2) is 8.23. The van der Waals surface area contributed by atoms with Gasteiger partial charge in [0.05, 0.1) is 18.0 Å². The number of alkyl halides is 6. The van der Waals surface area contributed by atoms with Crippen molar-refractivity contribution in [2.24, 2.45) is 0 Å². The van der Waals surface area contributed by atoms with Crippen LogP contribution in [0.3, 0.4) is 0 Å². The third-order valence-corrected chi connectivity index (χ3v) is 3.89. The molecule has 30 heavy (non-hydrogen) atoms. The van der Waals surface area contributed by atoms with Gasteiger partial charge in [-0.3, -0.25) is 0 Å². The van der Waals surface area contributed by atoms with Crippen molar-refractivity contribution < 1.29 is 40.9 Å². The number of aliphatic hydroxyl groups excluding tert-OH is 1. The number of ether oxygens (including phenoxy) is 2. The van der Waals surface area contributed by atoms with Crippen molar-refractivity contribution in [2.75, 3.05) is 0 Å². The first-order valence-corrected chi connectivity index (χ1v) is 8.38. The number of hydrogen-bond donors (Lipinski definition) is 1. The van der Waals surface area contributed by atoms with Gasteiger partial charge in [-0.2, -0.15) is 0 Å². The minimum Gasteiger partial charge on any atom is -0.405 e. The normalized spacial score (nSPS) is 12.0. The molecule has 0 amide bonds. The van der Waals surface area contributed by atoms with E-state index in [9.17, 15) is 31.4 Å². The molecule has 1 N–H and O–H groups in total. The highest BCUT2D eigenvalue weighted by molar-refractivity contribution is 5.86. The van der Waals surface area contributed by atoms with Crippen LogP contribution in [0.2, 0.25) is 0 Å². The summed E-state index contributed by atoms with van der Waals surface area (Å²) in [4.78, 5) is 4.13. The summed E-state index contributed by atoms with van der Waals surface area (Å²) in [6.45, 7) is -0.531. The first kappa shape index (κ1) is 21.4. The minimum atomic E-state index is -5.00. The van der Waals surface area contributed by atoms with Crippen molar-refractivity contribution in [1.82, 2.24) is 4.98 Å². The van der Waals surface area contributed by atoms with Crippen LogP contribution in [0.15, 0.2) is 60.7 Å². The zero-order valence-electron chi connectivity index (χ0n) is 15.0. The summed E-state index contributed by atoms with van der Waals surface area (Å²) in [5, 5.41) is 9.39. The van der Waals surface area contributed by atoms with E-state index < -0.39 is 30.8 Å². The molecule has 10 heteroatoms. The molecule has 3 aromatic rings. The monoisotopic (exact) mass is 429 g/mol. The number of benzene rings is 2. The second-order valence-electron chi connectivity index (χ2n) is 5.94. The standard InChI is InChI=1S/C20H13F6NO3/c21-19(22,23)29-16-7-3-1-5-13(16)14-10-9-12(11-28)27-18(14)15-6-2-4-8-17(15)30-20(24,25)26/h1-10,28H,11H2. The quantitative estimate of drug-likeness (QED) is 0.529. The van der Waals surface area contributed by atoms with Crippen molar-refractivity contribution in [3.8, 4) is 33.9 Å². The minimum absolute atomic E-state index is 0.0522. The van der Waals surface area contributed by atoms with Gasteiger partial charge in [-0.05, 0) is 24.3 Å². The van der Waals surface area contributed by atoms with E-state index in [1.165, 1.54) is 48.5 Å². The van der Waals surface area contributed by atoms with E-state index in [1.807, 2.05) is 0 Å². The van der Waals surface area contributed by atoms with Crippen LogP contribution in [0.5, 0.6) is 11.5 Å². The van der Waals surface area contributed by atoms with Gasteiger partial charge < -0.3 is 14.6 Å². The predicted molar refractivity (Wildman–Crippen MR) is 94.4 cm³/mol. The summed E-state index contributed by atoms with van der Waals surface area (Å²) in [5.41, 5.74) is -0.125. The van der Waals surface area contributed by atoms with Gasteiger partial charge in [0.25, 0.3) is 0 Å². The van der Waals surface area contributed by atoms with Crippen molar-refractivity contribution in [3.05, 3.63) is 66.4 Å². The third kappa shape index (κ3) is 5.20. The lowest BCUT2D eigenvalue weighted by molar-refractivity contribution is -0.275. The van der Waals surface area contributed by atoms with Crippen LogP contribution in [0.4, 0.5) is 26.3 Å². The predicted octanol–water partition coefficient (Wildman–Crippen LogP) is 5.71. The molecule has 1 aromatic heterocycles. The highest BCUT2D eigenvalue weighted by Gasteiger charge is 2.34. The maximum atomic E-state index is 12.8. The molecular weight excluding hydrogens is 416 g/mol. The van der Waals surface area contributed by atoms with E-state index in [2.05, 4.69) is 14.5 Å². The van der Waals surface area contributed by atoms with Gasteiger partial charge in [-0.1, -0.05) is 36.4 Å². The van der Waals surface area contributed by atoms with E-state index in [0.717, 1.165) is 12.1 Å². The summed E-state index contributed by atoms with van der Waals surface area (Å²) < 4.78 is 85.0. The Morgan fingerprint density at radius 3 is 1.70 bits per heavy atom. The van der Waals surface area contributed by atoms with Gasteiger partial charge in [-0.25, -0.2) is 4.98 Å². The highest BCUT2D eigenvalue weighted by Crippen LogP contribution is 2.41. The topological polar surface area (TPSA) is 51.6 Å². The zero-order valence-corrected chi connectivity index (χ0v) is 15.0. The number of pyridine rings is 1. The van der Waals surface area contributed by atoms with Crippen LogP contribution in [0, 0.1) is 0 Å². The Labute approximate surface area is 166 Å². The van der Waals surface area contributed by atoms with Gasteiger partial charge in [0.15, 0.2) is 0 Å². The molecule has 0 unspecified atom stereocenters. The number of nitrogens with zero attached hydrogens (tertiary/aromatic N) is 1. The molecule has 3 rings (SSSR count). The maximum Gasteiger partial charge on any atom is 0.573 e. The Balaban J connectivity index is 2.23. The molecule has 2 aromatic carbocycles. The fourth-order valence-electron chi connectivity index (χ4n) is 2.79. The molecule has 0 aliphatic carbocycles. The second-order valence-corrected chi connectivity index (χ2v) is 5.94. The summed E-state index contributed by atoms with van der Waals surface area (Å²) in [5.74, 6) is -1.15. The lowest BCUT2D eigenvalue weighted by Crippen LogP contribution is -2.18. The van der Waals surface area contributed by atoms with Crippen LogP contribution < -0.4 is 9.47 Å². The van der Waals surface area contributed by atoms with E-state index in [0.29, 0.717) is 0 Å². The molecule has 0 spiro atoms. The van der Waals surface area contributed by atoms with Gasteiger partial charge in [0.1, 0.15) is 11.5 Å². The Bertz CT molecular complexity index is 1030. The SMILES string of the molecule is OCc1ccc(-c2ccccc2OC(F)(F)F)c(-c2ccccc2OC(F)(F)F)n1. The van der Waals surface area contributed by atoms with Crippen molar-refractivity contribution >= 4 is 0 Å². The molecule has 0 fully saturated rings. The fraction of sp³-hybridized carbons (Fsp3) is 0.150. The number of rotatable bonds is 5. The average molecular weight is 429 g/mol. The molecule has 0 saturated carbocycles. The molecular formula is C20H13F6NO3. The fourth-order valence-corrected chi connectivity index (χ4v) is 2.79. The van der Waals surface area contributed by atoms with E-state index in [1.54, 1.807) is 0 Å². The Morgan fingerprint density at radius 1 is 0.667 bits per heavy atom. The van der Waals surface area contributed by atoms with Crippen molar-refractivity contribution in [3.63, 3.8) is 0 Å². The molecule has 0 bridgehead atoms. The summed E-state index contributed by atoms with van der Waals surface area (Å²) in [6.07, 6.45) is -9.98. The number of halogens is 6. The summed E-state index contributed by atoms with van der Waals surface area (Å²) in [6, 6.07) is 12.9. The highest BCUT2D eigenvalue weighted by atomic mass is 19.4.